The number of hydrogen-bond donors (Lipinski definition) is 0. The third-order valence-corrected chi connectivity index (χ3v) is 8.02. The van der Waals surface area contributed by atoms with E-state index in [4.69, 9.17) is 33.2 Å². The van der Waals surface area contributed by atoms with E-state index in [-0.39, 0.29) is 37.5 Å². The molecule has 0 amide bonds. The normalized spacial score (nSPS) is 14.1. The Morgan fingerprint density at radius 3 is 2.07 bits per heavy atom. The second-order valence-electron chi connectivity index (χ2n) is 10.5. The fourth-order valence-corrected chi connectivity index (χ4v) is 5.59. The molecule has 0 aromatic heterocycles. The molecular weight excluding hydrogens is 584 g/mol. The molecule has 0 N–H and O–H groups in total. The number of carbonyl (C=O) groups is 1. The maximum atomic E-state index is 12.5. The largest absolute Gasteiger partial charge is 0.493 e. The molecule has 45 heavy (non-hydrogen) atoms. The van der Waals surface area contributed by atoms with Gasteiger partial charge in [0, 0.05) is 23.8 Å². The highest BCUT2D eigenvalue weighted by Crippen LogP contribution is 2.53. The van der Waals surface area contributed by atoms with Gasteiger partial charge < -0.3 is 33.2 Å². The molecule has 2 aromatic rings. The monoisotopic (exact) mass is 630 g/mol. The lowest BCUT2D eigenvalue weighted by molar-refractivity contribution is -0.533. The van der Waals surface area contributed by atoms with Crippen LogP contribution in [-0.2, 0) is 21.4 Å². The fourth-order valence-electron chi connectivity index (χ4n) is 5.59. The minimum Gasteiger partial charge on any atom is -0.493 e. The van der Waals surface area contributed by atoms with Gasteiger partial charge in [-0.25, -0.2) is 0 Å². The van der Waals surface area contributed by atoms with Crippen molar-refractivity contribution in [3.63, 3.8) is 0 Å². The van der Waals surface area contributed by atoms with Crippen molar-refractivity contribution in [1.29, 1.82) is 5.26 Å². The van der Waals surface area contributed by atoms with Crippen molar-refractivity contribution in [2.75, 3.05) is 41.7 Å². The minimum absolute atomic E-state index is 0.0142. The number of nitro groups is 1. The summed E-state index contributed by atoms with van der Waals surface area (Å²) in [6.45, 7) is 9.35. The molecule has 248 valence electrons. The van der Waals surface area contributed by atoms with Crippen molar-refractivity contribution in [2.45, 2.75) is 77.9 Å². The molecule has 0 aliphatic heterocycles. The summed E-state index contributed by atoms with van der Waals surface area (Å²) < 4.78 is 39.6. The Labute approximate surface area is 265 Å². The summed E-state index contributed by atoms with van der Waals surface area (Å²) in [6, 6.07) is 7.96. The predicted molar refractivity (Wildman–Crippen MR) is 167 cm³/mol. The minimum atomic E-state index is -1.31. The van der Waals surface area contributed by atoms with Gasteiger partial charge in [-0.1, -0.05) is 26.3 Å². The molecule has 4 unspecified atom stereocenters. The Kier molecular flexibility index (Phi) is 14.0. The molecule has 0 spiro atoms. The number of benzene rings is 2. The number of ether oxygens (including phenoxy) is 7. The Bertz CT molecular complexity index is 1340. The van der Waals surface area contributed by atoms with Gasteiger partial charge in [-0.3, -0.25) is 14.9 Å². The summed E-state index contributed by atoms with van der Waals surface area (Å²) in [5.74, 6) is 1.27. The number of methoxy groups -OCH3 is 4. The van der Waals surface area contributed by atoms with Gasteiger partial charge in [0.2, 0.25) is 11.5 Å². The van der Waals surface area contributed by atoms with Gasteiger partial charge in [-0.15, -0.1) is 0 Å². The lowest BCUT2D eigenvalue weighted by Crippen LogP contribution is -2.41. The van der Waals surface area contributed by atoms with Crippen molar-refractivity contribution in [2.24, 2.45) is 5.92 Å². The molecule has 2 aromatic carbocycles. The second kappa shape index (κ2) is 17.2. The highest BCUT2D eigenvalue weighted by atomic mass is 16.6. The van der Waals surface area contributed by atoms with E-state index in [0.29, 0.717) is 52.9 Å². The molecule has 0 aliphatic carbocycles. The van der Waals surface area contributed by atoms with Crippen LogP contribution in [0, 0.1) is 27.4 Å². The van der Waals surface area contributed by atoms with Gasteiger partial charge in [-0.2, -0.15) is 5.26 Å². The van der Waals surface area contributed by atoms with Crippen molar-refractivity contribution in [3.8, 4) is 40.6 Å². The topological polar surface area (TPSA) is 149 Å². The first kappa shape index (κ1) is 36.8. The molecule has 2 rings (SSSR count). The molecule has 0 bridgehead atoms. The molecular formula is C33H46N2O10. The van der Waals surface area contributed by atoms with E-state index in [2.05, 4.69) is 6.07 Å². The van der Waals surface area contributed by atoms with Crippen molar-refractivity contribution < 1.29 is 42.9 Å². The first-order valence-corrected chi connectivity index (χ1v) is 15.0. The Morgan fingerprint density at radius 1 is 0.933 bits per heavy atom. The molecule has 12 heteroatoms. The fraction of sp³-hybridized carbons (Fsp3) is 0.576. The molecule has 4 atom stereocenters. The van der Waals surface area contributed by atoms with E-state index in [1.807, 2.05) is 27.7 Å². The zero-order valence-electron chi connectivity index (χ0n) is 27.8. The van der Waals surface area contributed by atoms with Gasteiger partial charge in [-0.05, 0) is 56.4 Å². The molecule has 12 nitrogen and oxygen atoms in total. The van der Waals surface area contributed by atoms with Crippen LogP contribution in [0.15, 0.2) is 24.3 Å². The molecule has 0 aliphatic rings. The molecule has 0 saturated carbocycles. The van der Waals surface area contributed by atoms with Gasteiger partial charge >= 0.3 is 5.97 Å². The first-order valence-electron chi connectivity index (χ1n) is 15.0. The number of esters is 1. The van der Waals surface area contributed by atoms with Gasteiger partial charge in [0.15, 0.2) is 29.1 Å². The van der Waals surface area contributed by atoms with Crippen LogP contribution >= 0.6 is 0 Å². The van der Waals surface area contributed by atoms with Gasteiger partial charge in [0.1, 0.15) is 0 Å². The van der Waals surface area contributed by atoms with E-state index in [1.54, 1.807) is 24.3 Å². The predicted octanol–water partition coefficient (Wildman–Crippen LogP) is 5.93. The number of rotatable bonds is 19. The van der Waals surface area contributed by atoms with E-state index in [1.165, 1.54) is 35.4 Å². The Hall–Kier alpha value is -4.40. The number of carbonyl (C=O) groups excluding carboxylic acids is 1. The maximum Gasteiger partial charge on any atom is 0.303 e. The Balaban J connectivity index is 2.71. The summed E-state index contributed by atoms with van der Waals surface area (Å²) >= 11 is 0. The SMILES string of the molecule is CCOc1cc(C(C#N)(CCC(OC(C)=O)C(Cc2ccc(OC)c(OC)c2)[N+](=O)[O-])C(C)CC)c(OCC)c(OC)c1OC. The molecule has 0 radical (unpaired) electrons. The summed E-state index contributed by atoms with van der Waals surface area (Å²) in [7, 11) is 5.94. The van der Waals surface area contributed by atoms with Crippen LogP contribution in [0.25, 0.3) is 0 Å². The van der Waals surface area contributed by atoms with E-state index in [0.717, 1.165) is 0 Å². The van der Waals surface area contributed by atoms with Crippen LogP contribution in [0.2, 0.25) is 0 Å². The summed E-state index contributed by atoms with van der Waals surface area (Å²) in [5.41, 5.74) is -0.144. The zero-order valence-corrected chi connectivity index (χ0v) is 27.8. The highest BCUT2D eigenvalue weighted by molar-refractivity contribution is 5.67. The lowest BCUT2D eigenvalue weighted by atomic mass is 9.67. The van der Waals surface area contributed by atoms with Gasteiger partial charge in [0.05, 0.1) is 53.1 Å². The lowest BCUT2D eigenvalue weighted by Gasteiger charge is -2.36. The van der Waals surface area contributed by atoms with Crippen LogP contribution in [0.1, 0.15) is 65.0 Å². The number of nitrogens with zero attached hydrogens (tertiary/aromatic N) is 2. The summed E-state index contributed by atoms with van der Waals surface area (Å²) in [6.07, 6.45) is -0.485. The third-order valence-electron chi connectivity index (χ3n) is 8.02. The van der Waals surface area contributed by atoms with Crippen LogP contribution < -0.4 is 28.4 Å². The van der Waals surface area contributed by atoms with Crippen molar-refractivity contribution in [3.05, 3.63) is 45.5 Å². The van der Waals surface area contributed by atoms with Crippen LogP contribution in [-0.4, -0.2) is 64.7 Å². The van der Waals surface area contributed by atoms with Crippen LogP contribution in [0.4, 0.5) is 0 Å². The maximum absolute atomic E-state index is 12.5. The number of hydrogen-bond acceptors (Lipinski definition) is 11. The smallest absolute Gasteiger partial charge is 0.303 e. The number of nitriles is 1. The van der Waals surface area contributed by atoms with Crippen LogP contribution in [0.5, 0.6) is 34.5 Å². The standard InChI is InChI=1S/C33H46N2O10/c1-10-21(4)33(20-34,24-19-29(43-11-2)31(41-8)32(42-9)30(24)44-12-3)16-15-26(45-22(5)36)25(35(37)38)17-23-13-14-27(39-6)28(18-23)40-7/h13-14,18-19,21,25-26H,10-12,15-17H2,1-9H3. The van der Waals surface area contributed by atoms with E-state index < -0.39 is 28.5 Å². The van der Waals surface area contributed by atoms with Crippen molar-refractivity contribution in [1.82, 2.24) is 0 Å². The molecule has 0 saturated heterocycles. The van der Waals surface area contributed by atoms with Crippen LogP contribution in [0.3, 0.4) is 0 Å². The van der Waals surface area contributed by atoms with Gasteiger partial charge in [0.25, 0.3) is 6.04 Å². The molecule has 0 heterocycles. The zero-order chi connectivity index (χ0) is 33.7. The molecule has 0 fully saturated rings. The summed E-state index contributed by atoms with van der Waals surface area (Å²) in [4.78, 5) is 24.3. The third kappa shape index (κ3) is 8.41. The second-order valence-corrected chi connectivity index (χ2v) is 10.5. The Morgan fingerprint density at radius 2 is 1.58 bits per heavy atom. The average molecular weight is 631 g/mol. The van der Waals surface area contributed by atoms with Crippen molar-refractivity contribution >= 4 is 5.97 Å². The first-order chi connectivity index (χ1) is 21.5. The van der Waals surface area contributed by atoms with E-state index >= 15 is 0 Å². The van der Waals surface area contributed by atoms with E-state index in [9.17, 15) is 20.2 Å². The summed E-state index contributed by atoms with van der Waals surface area (Å²) in [5, 5.41) is 23.4. The quantitative estimate of drug-likeness (QED) is 0.103. The highest BCUT2D eigenvalue weighted by Gasteiger charge is 2.45. The average Bonchev–Trinajstić information content (AvgIpc) is 3.03.